The summed E-state index contributed by atoms with van der Waals surface area (Å²) in [4.78, 5) is 4.03. The lowest BCUT2D eigenvalue weighted by atomic mass is 10.1. The van der Waals surface area contributed by atoms with Gasteiger partial charge in [0.1, 0.15) is 0 Å². The minimum atomic E-state index is 0.157. The first-order chi connectivity index (χ1) is 7.31. The molecule has 0 aliphatic rings. The van der Waals surface area contributed by atoms with E-state index in [0.717, 1.165) is 4.47 Å². The van der Waals surface area contributed by atoms with Crippen LogP contribution in [0.15, 0.2) is 47.5 Å². The van der Waals surface area contributed by atoms with Gasteiger partial charge in [-0.05, 0) is 17.7 Å². The molecule has 1 unspecified atom stereocenters. The van der Waals surface area contributed by atoms with E-state index < -0.39 is 0 Å². The molecule has 3 nitrogen and oxygen atoms in total. The smallest absolute Gasteiger partial charge is 0.0952 e. The fourth-order valence-electron chi connectivity index (χ4n) is 1.60. The molecule has 0 bridgehead atoms. The summed E-state index contributed by atoms with van der Waals surface area (Å²) < 4.78 is 3.08. The highest BCUT2D eigenvalue weighted by Gasteiger charge is 2.10. The molecule has 1 aromatic heterocycles. The zero-order valence-electron chi connectivity index (χ0n) is 8.18. The average molecular weight is 266 g/mol. The number of nitrogens with two attached hydrogens (primary N) is 1. The Morgan fingerprint density at radius 3 is 2.93 bits per heavy atom. The van der Waals surface area contributed by atoms with Crippen LogP contribution >= 0.6 is 15.9 Å². The zero-order chi connectivity index (χ0) is 10.7. The lowest BCUT2D eigenvalue weighted by Crippen LogP contribution is -2.19. The van der Waals surface area contributed by atoms with E-state index in [1.54, 1.807) is 12.5 Å². The Morgan fingerprint density at radius 2 is 2.33 bits per heavy atom. The number of benzene rings is 1. The van der Waals surface area contributed by atoms with Crippen LogP contribution in [-0.4, -0.2) is 16.1 Å². The number of halogens is 1. The molecule has 78 valence electrons. The van der Waals surface area contributed by atoms with E-state index in [4.69, 9.17) is 5.73 Å². The first kappa shape index (κ1) is 10.4. The Hall–Kier alpha value is -1.13. The van der Waals surface area contributed by atoms with Gasteiger partial charge < -0.3 is 10.3 Å². The van der Waals surface area contributed by atoms with E-state index in [1.807, 2.05) is 22.9 Å². The van der Waals surface area contributed by atoms with E-state index in [2.05, 4.69) is 33.0 Å². The molecule has 0 spiro atoms. The van der Waals surface area contributed by atoms with Gasteiger partial charge >= 0.3 is 0 Å². The molecule has 0 aliphatic carbocycles. The monoisotopic (exact) mass is 265 g/mol. The van der Waals surface area contributed by atoms with Gasteiger partial charge in [-0.15, -0.1) is 0 Å². The molecule has 0 saturated heterocycles. The number of imidazole rings is 1. The van der Waals surface area contributed by atoms with Crippen molar-refractivity contribution in [1.82, 2.24) is 9.55 Å². The SMILES string of the molecule is NCC(c1cccc(Br)c1)n1ccnc1. The number of nitrogens with zero attached hydrogens (tertiary/aromatic N) is 2. The fourth-order valence-corrected chi connectivity index (χ4v) is 2.01. The molecular formula is C11H12BrN3. The van der Waals surface area contributed by atoms with Gasteiger partial charge in [0.25, 0.3) is 0 Å². The van der Waals surface area contributed by atoms with Gasteiger partial charge in [0.15, 0.2) is 0 Å². The van der Waals surface area contributed by atoms with Gasteiger partial charge in [-0.1, -0.05) is 28.1 Å². The Balaban J connectivity index is 2.35. The highest BCUT2D eigenvalue weighted by molar-refractivity contribution is 9.10. The molecule has 2 rings (SSSR count). The van der Waals surface area contributed by atoms with Crippen LogP contribution in [0.5, 0.6) is 0 Å². The quantitative estimate of drug-likeness (QED) is 0.925. The number of aromatic nitrogens is 2. The van der Waals surface area contributed by atoms with Crippen molar-refractivity contribution < 1.29 is 0 Å². The van der Waals surface area contributed by atoms with Crippen LogP contribution in [0.3, 0.4) is 0 Å². The Bertz CT molecular complexity index is 425. The third kappa shape index (κ3) is 2.27. The summed E-state index contributed by atoms with van der Waals surface area (Å²) in [6.07, 6.45) is 5.48. The molecule has 0 amide bonds. The third-order valence-corrected chi connectivity index (χ3v) is 2.83. The van der Waals surface area contributed by atoms with Crippen molar-refractivity contribution >= 4 is 15.9 Å². The van der Waals surface area contributed by atoms with Crippen molar-refractivity contribution in [2.75, 3.05) is 6.54 Å². The highest BCUT2D eigenvalue weighted by Crippen LogP contribution is 2.20. The van der Waals surface area contributed by atoms with Gasteiger partial charge in [-0.2, -0.15) is 0 Å². The van der Waals surface area contributed by atoms with Crippen LogP contribution in [0.25, 0.3) is 0 Å². The molecule has 2 aromatic rings. The summed E-state index contributed by atoms with van der Waals surface area (Å²) >= 11 is 3.46. The third-order valence-electron chi connectivity index (χ3n) is 2.34. The zero-order valence-corrected chi connectivity index (χ0v) is 9.76. The number of rotatable bonds is 3. The van der Waals surface area contributed by atoms with E-state index in [-0.39, 0.29) is 6.04 Å². The maximum atomic E-state index is 5.78. The average Bonchev–Trinajstić information content (AvgIpc) is 2.72. The minimum Gasteiger partial charge on any atom is -0.329 e. The first-order valence-electron chi connectivity index (χ1n) is 4.74. The van der Waals surface area contributed by atoms with Gasteiger partial charge in [0, 0.05) is 23.4 Å². The fraction of sp³-hybridized carbons (Fsp3) is 0.182. The molecule has 1 atom stereocenters. The summed E-state index contributed by atoms with van der Waals surface area (Å²) in [5.41, 5.74) is 6.97. The maximum Gasteiger partial charge on any atom is 0.0952 e. The van der Waals surface area contributed by atoms with Gasteiger partial charge in [-0.3, -0.25) is 0 Å². The maximum absolute atomic E-state index is 5.78. The van der Waals surface area contributed by atoms with Crippen molar-refractivity contribution in [3.63, 3.8) is 0 Å². The van der Waals surface area contributed by atoms with Crippen molar-refractivity contribution in [2.24, 2.45) is 5.73 Å². The van der Waals surface area contributed by atoms with Crippen LogP contribution in [0.2, 0.25) is 0 Å². The molecule has 4 heteroatoms. The van der Waals surface area contributed by atoms with Gasteiger partial charge in [0.2, 0.25) is 0 Å². The van der Waals surface area contributed by atoms with Crippen molar-refractivity contribution in [3.8, 4) is 0 Å². The van der Waals surface area contributed by atoms with Crippen LogP contribution in [0.1, 0.15) is 11.6 Å². The second-order valence-electron chi connectivity index (χ2n) is 3.32. The molecule has 0 aliphatic heterocycles. The lowest BCUT2D eigenvalue weighted by molar-refractivity contribution is 0.594. The first-order valence-corrected chi connectivity index (χ1v) is 5.53. The van der Waals surface area contributed by atoms with Crippen LogP contribution in [0, 0.1) is 0 Å². The molecule has 1 heterocycles. The summed E-state index contributed by atoms with van der Waals surface area (Å²) in [7, 11) is 0. The lowest BCUT2D eigenvalue weighted by Gasteiger charge is -2.16. The summed E-state index contributed by atoms with van der Waals surface area (Å²) in [5.74, 6) is 0. The molecule has 0 radical (unpaired) electrons. The molecule has 15 heavy (non-hydrogen) atoms. The molecule has 2 N–H and O–H groups in total. The molecule has 1 aromatic carbocycles. The largest absolute Gasteiger partial charge is 0.329 e. The Kier molecular flexibility index (Phi) is 3.18. The van der Waals surface area contributed by atoms with E-state index in [1.165, 1.54) is 5.56 Å². The second-order valence-corrected chi connectivity index (χ2v) is 4.23. The Morgan fingerprint density at radius 1 is 1.47 bits per heavy atom. The second kappa shape index (κ2) is 4.59. The molecule has 0 saturated carbocycles. The molecule has 0 fully saturated rings. The van der Waals surface area contributed by atoms with Crippen molar-refractivity contribution in [3.05, 3.63) is 53.0 Å². The van der Waals surface area contributed by atoms with Crippen molar-refractivity contribution in [1.29, 1.82) is 0 Å². The van der Waals surface area contributed by atoms with Gasteiger partial charge in [-0.25, -0.2) is 4.98 Å². The number of hydrogen-bond donors (Lipinski definition) is 1. The van der Waals surface area contributed by atoms with E-state index in [9.17, 15) is 0 Å². The highest BCUT2D eigenvalue weighted by atomic mass is 79.9. The normalized spacial score (nSPS) is 12.7. The molecular weight excluding hydrogens is 254 g/mol. The summed E-state index contributed by atoms with van der Waals surface area (Å²) in [5, 5.41) is 0. The predicted octanol–water partition coefficient (Wildman–Crippen LogP) is 2.19. The number of hydrogen-bond acceptors (Lipinski definition) is 2. The minimum absolute atomic E-state index is 0.157. The van der Waals surface area contributed by atoms with E-state index in [0.29, 0.717) is 6.54 Å². The summed E-state index contributed by atoms with van der Waals surface area (Å²) in [6, 6.07) is 8.33. The Labute approximate surface area is 97.1 Å². The van der Waals surface area contributed by atoms with Crippen molar-refractivity contribution in [2.45, 2.75) is 6.04 Å². The van der Waals surface area contributed by atoms with Gasteiger partial charge in [0.05, 0.1) is 12.4 Å². The van der Waals surface area contributed by atoms with Crippen LogP contribution in [-0.2, 0) is 0 Å². The van der Waals surface area contributed by atoms with E-state index >= 15 is 0 Å². The summed E-state index contributed by atoms with van der Waals surface area (Å²) in [6.45, 7) is 0.562. The van der Waals surface area contributed by atoms with Crippen LogP contribution < -0.4 is 5.73 Å². The van der Waals surface area contributed by atoms with Crippen LogP contribution in [0.4, 0.5) is 0 Å². The standard InChI is InChI=1S/C11H12BrN3/c12-10-3-1-2-9(6-10)11(7-13)15-5-4-14-8-15/h1-6,8,11H,7,13H2. The predicted molar refractivity (Wildman–Crippen MR) is 63.6 cm³/mol. The topological polar surface area (TPSA) is 43.8 Å².